The monoisotopic (exact) mass is 336 g/mol. The first kappa shape index (κ1) is 12.3. The highest BCUT2D eigenvalue weighted by molar-refractivity contribution is 9.10. The predicted octanol–water partition coefficient (Wildman–Crippen LogP) is 2.71. The fraction of sp³-hybridized carbons (Fsp3) is 0.0833. The lowest BCUT2D eigenvalue weighted by Crippen LogP contribution is -2.22. The molecule has 0 atom stereocenters. The number of amides is 1. The second-order valence-corrected chi connectivity index (χ2v) is 5.73. The standard InChI is InChI=1S/C12H9BrN4OS/c13-7-4-8-11(14-5-7)17-10(16-8)6-15-12(18)9-2-1-3-19-9/h1-5H,6H2,(H,15,18)(H,14,16,17). The van der Waals surface area contributed by atoms with Crippen LogP contribution < -0.4 is 5.32 Å². The summed E-state index contributed by atoms with van der Waals surface area (Å²) in [6.45, 7) is 0.352. The number of carbonyl (C=O) groups excluding carboxylic acids is 1. The zero-order chi connectivity index (χ0) is 13.2. The highest BCUT2D eigenvalue weighted by Gasteiger charge is 2.08. The second kappa shape index (κ2) is 5.10. The summed E-state index contributed by atoms with van der Waals surface area (Å²) >= 11 is 4.76. The van der Waals surface area contributed by atoms with Crippen LogP contribution in [0, 0.1) is 0 Å². The molecule has 3 aromatic rings. The van der Waals surface area contributed by atoms with Crippen molar-refractivity contribution in [3.63, 3.8) is 0 Å². The number of pyridine rings is 1. The van der Waals surface area contributed by atoms with E-state index in [1.165, 1.54) is 11.3 Å². The van der Waals surface area contributed by atoms with Crippen LogP contribution in [0.1, 0.15) is 15.5 Å². The molecule has 0 spiro atoms. The molecule has 1 amide bonds. The topological polar surface area (TPSA) is 70.7 Å². The number of nitrogens with zero attached hydrogens (tertiary/aromatic N) is 2. The molecule has 3 rings (SSSR count). The zero-order valence-corrected chi connectivity index (χ0v) is 12.1. The van der Waals surface area contributed by atoms with Crippen molar-refractivity contribution in [3.05, 3.63) is 45.0 Å². The number of rotatable bonds is 3. The van der Waals surface area contributed by atoms with Crippen LogP contribution in [-0.4, -0.2) is 20.9 Å². The van der Waals surface area contributed by atoms with Gasteiger partial charge in [-0.3, -0.25) is 4.79 Å². The number of hydrogen-bond acceptors (Lipinski definition) is 4. The van der Waals surface area contributed by atoms with E-state index in [1.54, 1.807) is 12.3 Å². The van der Waals surface area contributed by atoms with Crippen molar-refractivity contribution in [2.75, 3.05) is 0 Å². The number of thiophene rings is 1. The van der Waals surface area contributed by atoms with Gasteiger partial charge in [0.2, 0.25) is 0 Å². The predicted molar refractivity (Wildman–Crippen MR) is 77.1 cm³/mol. The van der Waals surface area contributed by atoms with Crippen LogP contribution in [0.5, 0.6) is 0 Å². The van der Waals surface area contributed by atoms with Crippen LogP contribution >= 0.6 is 27.3 Å². The van der Waals surface area contributed by atoms with Gasteiger partial charge >= 0.3 is 0 Å². The molecule has 0 aliphatic carbocycles. The molecule has 5 nitrogen and oxygen atoms in total. The molecule has 0 saturated carbocycles. The number of imidazole rings is 1. The van der Waals surface area contributed by atoms with E-state index in [1.807, 2.05) is 17.5 Å². The van der Waals surface area contributed by atoms with Gasteiger partial charge in [0.15, 0.2) is 5.65 Å². The Labute approximate surface area is 121 Å². The Morgan fingerprint density at radius 3 is 3.21 bits per heavy atom. The quantitative estimate of drug-likeness (QED) is 0.772. The van der Waals surface area contributed by atoms with Gasteiger partial charge in [-0.05, 0) is 33.4 Å². The summed E-state index contributed by atoms with van der Waals surface area (Å²) in [5.41, 5.74) is 1.48. The Balaban J connectivity index is 1.73. The van der Waals surface area contributed by atoms with E-state index < -0.39 is 0 Å². The molecule has 0 unspecified atom stereocenters. The van der Waals surface area contributed by atoms with Crippen molar-refractivity contribution in [2.24, 2.45) is 0 Å². The van der Waals surface area contributed by atoms with Gasteiger partial charge in [0, 0.05) is 10.7 Å². The molecule has 96 valence electrons. The van der Waals surface area contributed by atoms with E-state index in [9.17, 15) is 4.79 Å². The summed E-state index contributed by atoms with van der Waals surface area (Å²) in [5, 5.41) is 4.69. The van der Waals surface area contributed by atoms with Crippen LogP contribution in [0.4, 0.5) is 0 Å². The van der Waals surface area contributed by atoms with Crippen LogP contribution in [0.3, 0.4) is 0 Å². The van der Waals surface area contributed by atoms with Crippen molar-refractivity contribution >= 4 is 44.3 Å². The maximum Gasteiger partial charge on any atom is 0.261 e. The van der Waals surface area contributed by atoms with Gasteiger partial charge in [-0.15, -0.1) is 11.3 Å². The van der Waals surface area contributed by atoms with Crippen molar-refractivity contribution in [3.8, 4) is 0 Å². The molecule has 3 heterocycles. The first-order valence-corrected chi connectivity index (χ1v) is 7.21. The van der Waals surface area contributed by atoms with Crippen molar-refractivity contribution < 1.29 is 4.79 Å². The molecule has 0 bridgehead atoms. The molecular formula is C12H9BrN4OS. The lowest BCUT2D eigenvalue weighted by molar-refractivity contribution is 0.0954. The molecule has 0 aliphatic rings. The third-order valence-electron chi connectivity index (χ3n) is 2.51. The number of fused-ring (bicyclic) bond motifs is 1. The van der Waals surface area contributed by atoms with Gasteiger partial charge in [0.25, 0.3) is 5.91 Å². The van der Waals surface area contributed by atoms with Crippen LogP contribution in [0.25, 0.3) is 11.2 Å². The number of carbonyl (C=O) groups is 1. The molecule has 0 fully saturated rings. The van der Waals surface area contributed by atoms with E-state index >= 15 is 0 Å². The van der Waals surface area contributed by atoms with Gasteiger partial charge in [0.05, 0.1) is 16.9 Å². The third-order valence-corrected chi connectivity index (χ3v) is 3.82. The smallest absolute Gasteiger partial charge is 0.261 e. The number of halogens is 1. The molecule has 3 aromatic heterocycles. The van der Waals surface area contributed by atoms with Crippen LogP contribution in [-0.2, 0) is 6.54 Å². The largest absolute Gasteiger partial charge is 0.344 e. The first-order chi connectivity index (χ1) is 9.22. The fourth-order valence-corrected chi connectivity index (χ4v) is 2.64. The average molecular weight is 337 g/mol. The minimum Gasteiger partial charge on any atom is -0.344 e. The minimum atomic E-state index is -0.0930. The summed E-state index contributed by atoms with van der Waals surface area (Å²) in [6, 6.07) is 5.54. The molecule has 0 radical (unpaired) electrons. The number of H-pyrrole nitrogens is 1. The maximum absolute atomic E-state index is 11.8. The minimum absolute atomic E-state index is 0.0930. The molecule has 0 aromatic carbocycles. The zero-order valence-electron chi connectivity index (χ0n) is 9.68. The van der Waals surface area contributed by atoms with E-state index in [4.69, 9.17) is 0 Å². The molecule has 7 heteroatoms. The Bertz CT molecular complexity index is 722. The van der Waals surface area contributed by atoms with E-state index in [-0.39, 0.29) is 5.91 Å². The van der Waals surface area contributed by atoms with Crippen LogP contribution in [0.15, 0.2) is 34.2 Å². The fourth-order valence-electron chi connectivity index (χ4n) is 1.67. The number of aromatic nitrogens is 3. The molecule has 19 heavy (non-hydrogen) atoms. The van der Waals surface area contributed by atoms with E-state index in [0.717, 1.165) is 9.99 Å². The highest BCUT2D eigenvalue weighted by Crippen LogP contribution is 2.15. The molecular weight excluding hydrogens is 328 g/mol. The summed E-state index contributed by atoms with van der Waals surface area (Å²) in [7, 11) is 0. The van der Waals surface area contributed by atoms with Crippen LogP contribution in [0.2, 0.25) is 0 Å². The normalized spacial score (nSPS) is 10.8. The van der Waals surface area contributed by atoms with Gasteiger partial charge in [-0.1, -0.05) is 6.07 Å². The lowest BCUT2D eigenvalue weighted by atomic mass is 10.4. The van der Waals surface area contributed by atoms with Gasteiger partial charge < -0.3 is 10.3 Å². The van der Waals surface area contributed by atoms with Crippen molar-refractivity contribution in [1.82, 2.24) is 20.3 Å². The van der Waals surface area contributed by atoms with E-state index in [2.05, 4.69) is 36.2 Å². The summed E-state index contributed by atoms with van der Waals surface area (Å²) < 4.78 is 0.887. The molecule has 2 N–H and O–H groups in total. The lowest BCUT2D eigenvalue weighted by Gasteiger charge is -1.99. The first-order valence-electron chi connectivity index (χ1n) is 5.54. The summed E-state index contributed by atoms with van der Waals surface area (Å²) in [5.74, 6) is 0.593. The van der Waals surface area contributed by atoms with Crippen molar-refractivity contribution in [2.45, 2.75) is 6.54 Å². The van der Waals surface area contributed by atoms with Gasteiger partial charge in [0.1, 0.15) is 5.82 Å². The highest BCUT2D eigenvalue weighted by atomic mass is 79.9. The van der Waals surface area contributed by atoms with Crippen molar-refractivity contribution in [1.29, 1.82) is 0 Å². The van der Waals surface area contributed by atoms with Gasteiger partial charge in [-0.2, -0.15) is 0 Å². The second-order valence-electron chi connectivity index (χ2n) is 3.87. The third kappa shape index (κ3) is 2.66. The molecule has 0 aliphatic heterocycles. The maximum atomic E-state index is 11.8. The SMILES string of the molecule is O=C(NCc1nc2ncc(Br)cc2[nH]1)c1cccs1. The summed E-state index contributed by atoms with van der Waals surface area (Å²) in [6.07, 6.45) is 1.69. The average Bonchev–Trinajstić information content (AvgIpc) is 3.04. The summed E-state index contributed by atoms with van der Waals surface area (Å²) in [4.78, 5) is 24.1. The Hall–Kier alpha value is -1.73. The number of hydrogen-bond donors (Lipinski definition) is 2. The molecule has 0 saturated heterocycles. The number of aromatic amines is 1. The Kier molecular flexibility index (Phi) is 3.31. The van der Waals surface area contributed by atoms with E-state index in [0.29, 0.717) is 22.9 Å². The Morgan fingerprint density at radius 1 is 1.53 bits per heavy atom. The Morgan fingerprint density at radius 2 is 2.42 bits per heavy atom. The number of nitrogens with one attached hydrogen (secondary N) is 2. The van der Waals surface area contributed by atoms with Gasteiger partial charge in [-0.25, -0.2) is 9.97 Å².